The minimum Gasteiger partial charge on any atom is -0.429 e. The molecule has 2 fully saturated rings. The molecule has 4 N–H and O–H groups in total. The summed E-state index contributed by atoms with van der Waals surface area (Å²) in [4.78, 5) is 13.2. The number of allylic oxidation sites excluding steroid dienone is 2. The van der Waals surface area contributed by atoms with Gasteiger partial charge in [-0.05, 0) is 63.7 Å². The Hall–Kier alpha value is -2.03. The Bertz CT molecular complexity index is 1030. The molecule has 0 radical (unpaired) electrons. The fourth-order valence-electron chi connectivity index (χ4n) is 6.28. The van der Waals surface area contributed by atoms with Gasteiger partial charge >= 0.3 is 5.97 Å². The first-order valence-electron chi connectivity index (χ1n) is 12.4. The molecule has 8 atom stereocenters. The van der Waals surface area contributed by atoms with Crippen molar-refractivity contribution in [1.82, 2.24) is 0 Å². The first-order valence-corrected chi connectivity index (χ1v) is 12.4. The van der Waals surface area contributed by atoms with Crippen molar-refractivity contribution in [3.63, 3.8) is 0 Å². The highest BCUT2D eigenvalue weighted by Crippen LogP contribution is 2.62. The molecule has 0 aromatic heterocycles. The second-order valence-electron chi connectivity index (χ2n) is 11.1. The lowest BCUT2D eigenvalue weighted by molar-refractivity contribution is -0.281. The second-order valence-corrected chi connectivity index (χ2v) is 11.1. The fraction of sp³-hybridized carbons (Fsp3) is 0.607. The topological polar surface area (TPSA) is 120 Å². The summed E-state index contributed by atoms with van der Waals surface area (Å²) in [5.74, 6) is -3.65. The van der Waals surface area contributed by atoms with Crippen LogP contribution in [0.3, 0.4) is 0 Å². The van der Waals surface area contributed by atoms with Gasteiger partial charge in [-0.25, -0.2) is 0 Å². The number of hydrogen-bond acceptors (Lipinski definition) is 7. The molecule has 0 bridgehead atoms. The molecule has 7 nitrogen and oxygen atoms in total. The maximum absolute atomic E-state index is 13.2. The van der Waals surface area contributed by atoms with Crippen LogP contribution in [0, 0.1) is 11.3 Å². The number of aliphatic hydroxyl groups excluding tert-OH is 3. The zero-order valence-electron chi connectivity index (χ0n) is 21.2. The van der Waals surface area contributed by atoms with Crippen molar-refractivity contribution in [2.75, 3.05) is 0 Å². The molecule has 7 heteroatoms. The maximum Gasteiger partial charge on any atom is 0.312 e. The third-order valence-electron chi connectivity index (χ3n) is 8.33. The molecule has 35 heavy (non-hydrogen) atoms. The van der Waals surface area contributed by atoms with Crippen LogP contribution in [0.5, 0.6) is 0 Å². The number of benzene rings is 1. The van der Waals surface area contributed by atoms with Crippen LogP contribution >= 0.6 is 0 Å². The lowest BCUT2D eigenvalue weighted by atomic mass is 9.65. The highest BCUT2D eigenvalue weighted by Gasteiger charge is 2.75. The van der Waals surface area contributed by atoms with Crippen molar-refractivity contribution in [2.24, 2.45) is 11.3 Å². The summed E-state index contributed by atoms with van der Waals surface area (Å²) < 4.78 is 12.0. The Balaban J connectivity index is 1.82. The van der Waals surface area contributed by atoms with Crippen molar-refractivity contribution < 1.29 is 34.7 Å². The number of carbonyl (C=O) groups is 1. The number of ether oxygens (including phenoxy) is 2. The van der Waals surface area contributed by atoms with Crippen LogP contribution in [-0.2, 0) is 20.7 Å². The molecule has 192 valence electrons. The van der Waals surface area contributed by atoms with Gasteiger partial charge in [-0.3, -0.25) is 4.79 Å². The van der Waals surface area contributed by atoms with Gasteiger partial charge in [0.05, 0.1) is 24.2 Å². The predicted octanol–water partition coefficient (Wildman–Crippen LogP) is 2.80. The van der Waals surface area contributed by atoms with E-state index in [9.17, 15) is 25.2 Å². The first-order chi connectivity index (χ1) is 16.3. The minimum atomic E-state index is -2.14. The van der Waals surface area contributed by atoms with Crippen LogP contribution in [0.4, 0.5) is 0 Å². The van der Waals surface area contributed by atoms with E-state index in [1.807, 2.05) is 45.0 Å². The molecule has 2 aliphatic carbocycles. The molecular weight excluding hydrogens is 448 g/mol. The van der Waals surface area contributed by atoms with Gasteiger partial charge in [-0.2, -0.15) is 0 Å². The van der Waals surface area contributed by atoms with E-state index in [1.54, 1.807) is 26.0 Å². The van der Waals surface area contributed by atoms with E-state index in [2.05, 4.69) is 0 Å². The molecule has 0 unspecified atom stereocenters. The SMILES string of the molecule is CC(C)=C1[C@H](O)C[C@@]2(C)[C@H]1[C@H](O)[C@@H](O)/C(C)=C\CC[C@]1(C)O[C@H]1[C@]2(O)OC(=O)Cc1ccccc1. The van der Waals surface area contributed by atoms with Crippen molar-refractivity contribution in [3.8, 4) is 0 Å². The van der Waals surface area contributed by atoms with Gasteiger partial charge in [0.1, 0.15) is 6.10 Å². The van der Waals surface area contributed by atoms with Crippen molar-refractivity contribution >= 4 is 5.97 Å². The van der Waals surface area contributed by atoms with Gasteiger partial charge in [0.15, 0.2) is 6.10 Å². The van der Waals surface area contributed by atoms with Gasteiger partial charge in [0.25, 0.3) is 0 Å². The lowest BCUT2D eigenvalue weighted by Crippen LogP contribution is -2.60. The van der Waals surface area contributed by atoms with Gasteiger partial charge in [0.2, 0.25) is 5.79 Å². The van der Waals surface area contributed by atoms with Crippen LogP contribution < -0.4 is 0 Å². The Morgan fingerprint density at radius 2 is 1.80 bits per heavy atom. The molecule has 0 spiro atoms. The molecule has 1 aromatic carbocycles. The molecule has 1 saturated carbocycles. The fourth-order valence-corrected chi connectivity index (χ4v) is 6.28. The molecule has 4 rings (SSSR count). The Morgan fingerprint density at radius 3 is 2.43 bits per heavy atom. The standard InChI is InChI=1S/C28H38O7/c1-16(2)21-19(29)15-26(4)22(21)24(32)23(31)17(3)10-9-13-27(5)25(35-27)28(26,33)34-20(30)14-18-11-7-6-8-12-18/h6-8,10-12,19,22-25,29,31-33H,9,13-15H2,1-5H3/b17-10-/t19-,22-,23+,24+,25-,26+,27+,28+/m1/s1. The molecular formula is C28H38O7. The zero-order chi connectivity index (χ0) is 25.8. The third-order valence-corrected chi connectivity index (χ3v) is 8.33. The summed E-state index contributed by atoms with van der Waals surface area (Å²) in [6, 6.07) is 9.11. The summed E-state index contributed by atoms with van der Waals surface area (Å²) in [6.07, 6.45) is -1.39. The predicted molar refractivity (Wildman–Crippen MR) is 130 cm³/mol. The summed E-state index contributed by atoms with van der Waals surface area (Å²) >= 11 is 0. The lowest BCUT2D eigenvalue weighted by Gasteiger charge is -2.47. The van der Waals surface area contributed by atoms with Crippen molar-refractivity contribution in [3.05, 3.63) is 58.7 Å². The number of fused-ring (bicyclic) bond motifs is 2. The van der Waals surface area contributed by atoms with Crippen LogP contribution in [0.15, 0.2) is 53.1 Å². The van der Waals surface area contributed by atoms with E-state index in [0.29, 0.717) is 24.0 Å². The molecule has 1 aliphatic heterocycles. The largest absolute Gasteiger partial charge is 0.429 e. The number of hydrogen-bond donors (Lipinski definition) is 4. The molecule has 1 saturated heterocycles. The van der Waals surface area contributed by atoms with E-state index in [-0.39, 0.29) is 12.8 Å². The monoisotopic (exact) mass is 486 g/mol. The van der Waals surface area contributed by atoms with Crippen molar-refractivity contribution in [2.45, 2.75) is 96.1 Å². The number of carbonyl (C=O) groups excluding carboxylic acids is 1. The van der Waals surface area contributed by atoms with E-state index < -0.39 is 53.1 Å². The summed E-state index contributed by atoms with van der Waals surface area (Å²) in [5, 5.41) is 46.0. The molecule has 0 amide bonds. The van der Waals surface area contributed by atoms with Gasteiger partial charge in [0, 0.05) is 11.3 Å². The zero-order valence-corrected chi connectivity index (χ0v) is 21.2. The summed E-state index contributed by atoms with van der Waals surface area (Å²) in [6.45, 7) is 9.00. The number of aliphatic hydroxyl groups is 4. The van der Waals surface area contributed by atoms with Gasteiger partial charge < -0.3 is 29.9 Å². The molecule has 1 heterocycles. The molecule has 3 aliphatic rings. The highest BCUT2D eigenvalue weighted by molar-refractivity contribution is 5.73. The number of esters is 1. The Labute approximate surface area is 207 Å². The average Bonchev–Trinajstić information content (AvgIpc) is 3.38. The highest BCUT2D eigenvalue weighted by atomic mass is 16.7. The second kappa shape index (κ2) is 9.12. The minimum absolute atomic E-state index is 0.0375. The summed E-state index contributed by atoms with van der Waals surface area (Å²) in [5.41, 5.74) is 0.592. The average molecular weight is 487 g/mol. The van der Waals surface area contributed by atoms with Crippen LogP contribution in [0.2, 0.25) is 0 Å². The van der Waals surface area contributed by atoms with Crippen LogP contribution in [-0.4, -0.2) is 62.2 Å². The first kappa shape index (κ1) is 26.0. The van der Waals surface area contributed by atoms with E-state index >= 15 is 0 Å². The third kappa shape index (κ3) is 4.38. The van der Waals surface area contributed by atoms with Gasteiger partial charge in [-0.1, -0.05) is 48.9 Å². The molecule has 1 aromatic rings. The van der Waals surface area contributed by atoms with Crippen LogP contribution in [0.1, 0.15) is 59.4 Å². The van der Waals surface area contributed by atoms with Gasteiger partial charge in [-0.15, -0.1) is 0 Å². The summed E-state index contributed by atoms with van der Waals surface area (Å²) in [7, 11) is 0. The van der Waals surface area contributed by atoms with E-state index in [0.717, 1.165) is 11.1 Å². The Morgan fingerprint density at radius 1 is 1.14 bits per heavy atom. The van der Waals surface area contributed by atoms with E-state index in [1.165, 1.54) is 0 Å². The van der Waals surface area contributed by atoms with Crippen molar-refractivity contribution in [1.29, 1.82) is 0 Å². The Kier molecular flexibility index (Phi) is 6.79. The normalized spacial score (nSPS) is 42.7. The number of rotatable bonds is 3. The maximum atomic E-state index is 13.2. The smallest absolute Gasteiger partial charge is 0.312 e. The van der Waals surface area contributed by atoms with Crippen LogP contribution in [0.25, 0.3) is 0 Å². The number of epoxide rings is 1. The quantitative estimate of drug-likeness (QED) is 0.224. The van der Waals surface area contributed by atoms with E-state index in [4.69, 9.17) is 9.47 Å².